The Bertz CT molecular complexity index is 807. The highest BCUT2D eigenvalue weighted by molar-refractivity contribution is 5.66. The molecule has 0 saturated heterocycles. The molecule has 0 nitrogen and oxygen atoms in total. The van der Waals surface area contributed by atoms with Crippen LogP contribution in [0.15, 0.2) is 36.4 Å². The zero-order chi connectivity index (χ0) is 22.8. The lowest BCUT2D eigenvalue weighted by molar-refractivity contribution is 0.249. The molecule has 3 rings (SSSR count). The summed E-state index contributed by atoms with van der Waals surface area (Å²) in [4.78, 5) is 0. The van der Waals surface area contributed by atoms with Gasteiger partial charge in [0, 0.05) is 0 Å². The van der Waals surface area contributed by atoms with E-state index in [0.717, 1.165) is 11.8 Å². The molecule has 0 spiro atoms. The summed E-state index contributed by atoms with van der Waals surface area (Å²) in [6, 6.07) is 14.3. The van der Waals surface area contributed by atoms with E-state index in [4.69, 9.17) is 0 Å². The first-order chi connectivity index (χ1) is 15.6. The Morgan fingerprint density at radius 1 is 0.594 bits per heavy atom. The van der Waals surface area contributed by atoms with E-state index in [2.05, 4.69) is 64.1 Å². The molecule has 0 heterocycles. The van der Waals surface area contributed by atoms with Crippen LogP contribution < -0.4 is 0 Å². The summed E-state index contributed by atoms with van der Waals surface area (Å²) in [5.74, 6) is 1.99. The smallest absolute Gasteiger partial charge is 0.0181 e. The summed E-state index contributed by atoms with van der Waals surface area (Å²) in [5, 5.41) is 0. The molecule has 0 aliphatic heterocycles. The first kappa shape index (κ1) is 25.1. The predicted molar refractivity (Wildman–Crippen MR) is 142 cm³/mol. The molecule has 0 N–H and O–H groups in total. The van der Waals surface area contributed by atoms with E-state index < -0.39 is 0 Å². The third kappa shape index (κ3) is 7.50. The minimum absolute atomic E-state index is 0.958. The highest BCUT2D eigenvalue weighted by Gasteiger charge is 2.20. The molecule has 176 valence electrons. The number of unbranched alkanes of at least 4 members (excludes halogenated alkanes) is 4. The maximum Gasteiger partial charge on any atom is -0.0181 e. The normalized spacial score (nSPS) is 18.8. The van der Waals surface area contributed by atoms with Crippen LogP contribution in [0.5, 0.6) is 0 Å². The standard InChI is InChI=1S/C32H48/c1-5-7-9-11-27-13-15-28(16-14-27)17-18-30-20-22-32(24-26(30)4)31-21-19-29(25(3)23-31)12-10-8-6-2/h19-24,27-28H,5-18H2,1-4H3. The van der Waals surface area contributed by atoms with Crippen molar-refractivity contribution in [1.82, 2.24) is 0 Å². The monoisotopic (exact) mass is 432 g/mol. The van der Waals surface area contributed by atoms with Gasteiger partial charge in [-0.1, -0.05) is 114 Å². The maximum atomic E-state index is 2.42. The first-order valence-electron chi connectivity index (χ1n) is 13.8. The SMILES string of the molecule is CCCCCc1ccc(-c2ccc(CCC3CCC(CCCCC)CC3)c(C)c2)cc1C. The maximum absolute atomic E-state index is 2.42. The fourth-order valence-corrected chi connectivity index (χ4v) is 5.73. The van der Waals surface area contributed by atoms with Crippen LogP contribution in [0.4, 0.5) is 0 Å². The first-order valence-corrected chi connectivity index (χ1v) is 13.8. The summed E-state index contributed by atoms with van der Waals surface area (Å²) >= 11 is 0. The van der Waals surface area contributed by atoms with Gasteiger partial charge in [0.25, 0.3) is 0 Å². The fourth-order valence-electron chi connectivity index (χ4n) is 5.73. The Morgan fingerprint density at radius 2 is 1.09 bits per heavy atom. The number of aryl methyl sites for hydroxylation is 4. The summed E-state index contributed by atoms with van der Waals surface area (Å²) < 4.78 is 0. The van der Waals surface area contributed by atoms with Crippen LogP contribution >= 0.6 is 0 Å². The average Bonchev–Trinajstić information content (AvgIpc) is 2.80. The molecule has 0 radical (unpaired) electrons. The van der Waals surface area contributed by atoms with E-state index in [1.807, 2.05) is 0 Å². The van der Waals surface area contributed by atoms with Gasteiger partial charge in [0.15, 0.2) is 0 Å². The van der Waals surface area contributed by atoms with Crippen molar-refractivity contribution < 1.29 is 0 Å². The van der Waals surface area contributed by atoms with Gasteiger partial charge in [-0.3, -0.25) is 0 Å². The van der Waals surface area contributed by atoms with Crippen LogP contribution in [-0.4, -0.2) is 0 Å². The molecule has 1 saturated carbocycles. The van der Waals surface area contributed by atoms with Gasteiger partial charge in [-0.15, -0.1) is 0 Å². The van der Waals surface area contributed by atoms with Gasteiger partial charge in [0.05, 0.1) is 0 Å². The lowest BCUT2D eigenvalue weighted by atomic mass is 9.77. The molecule has 1 fully saturated rings. The van der Waals surface area contributed by atoms with E-state index in [1.54, 1.807) is 5.56 Å². The quantitative estimate of drug-likeness (QED) is 0.293. The summed E-state index contributed by atoms with van der Waals surface area (Å²) in [5.41, 5.74) is 8.76. The van der Waals surface area contributed by atoms with Crippen LogP contribution in [0.1, 0.15) is 113 Å². The highest BCUT2D eigenvalue weighted by atomic mass is 14.3. The van der Waals surface area contributed by atoms with Crippen molar-refractivity contribution in [1.29, 1.82) is 0 Å². The van der Waals surface area contributed by atoms with E-state index in [9.17, 15) is 0 Å². The lowest BCUT2D eigenvalue weighted by Crippen LogP contribution is -2.15. The van der Waals surface area contributed by atoms with Crippen molar-refractivity contribution in [2.24, 2.45) is 11.8 Å². The van der Waals surface area contributed by atoms with Crippen molar-refractivity contribution in [3.8, 4) is 11.1 Å². The van der Waals surface area contributed by atoms with Gasteiger partial charge < -0.3 is 0 Å². The Hall–Kier alpha value is -1.56. The number of hydrogen-bond acceptors (Lipinski definition) is 0. The minimum Gasteiger partial charge on any atom is -0.0654 e. The molecule has 0 aromatic heterocycles. The highest BCUT2D eigenvalue weighted by Crippen LogP contribution is 2.35. The van der Waals surface area contributed by atoms with Crippen molar-refractivity contribution in [3.05, 3.63) is 58.7 Å². The zero-order valence-corrected chi connectivity index (χ0v) is 21.5. The summed E-state index contributed by atoms with van der Waals surface area (Å²) in [6.45, 7) is 9.19. The van der Waals surface area contributed by atoms with Gasteiger partial charge >= 0.3 is 0 Å². The van der Waals surface area contributed by atoms with Crippen molar-refractivity contribution in [3.63, 3.8) is 0 Å². The van der Waals surface area contributed by atoms with Crippen LogP contribution in [0.3, 0.4) is 0 Å². The second-order valence-electron chi connectivity index (χ2n) is 10.7. The van der Waals surface area contributed by atoms with Crippen LogP contribution in [0.2, 0.25) is 0 Å². The second-order valence-corrected chi connectivity index (χ2v) is 10.7. The molecule has 1 aliphatic rings. The molecule has 0 amide bonds. The number of rotatable bonds is 12. The Kier molecular flexibility index (Phi) is 10.4. The molecule has 0 atom stereocenters. The molecular weight excluding hydrogens is 384 g/mol. The molecule has 0 unspecified atom stereocenters. The van der Waals surface area contributed by atoms with E-state index in [-0.39, 0.29) is 0 Å². The number of hydrogen-bond donors (Lipinski definition) is 0. The lowest BCUT2D eigenvalue weighted by Gasteiger charge is -2.28. The van der Waals surface area contributed by atoms with Gasteiger partial charge in [-0.05, 0) is 84.7 Å². The Morgan fingerprint density at radius 3 is 1.62 bits per heavy atom. The molecule has 1 aliphatic carbocycles. The topological polar surface area (TPSA) is 0 Å². The van der Waals surface area contributed by atoms with Gasteiger partial charge in [0.2, 0.25) is 0 Å². The molecular formula is C32H48. The number of benzene rings is 2. The van der Waals surface area contributed by atoms with Crippen molar-refractivity contribution >= 4 is 0 Å². The molecule has 2 aromatic rings. The average molecular weight is 433 g/mol. The Labute approximate surface area is 199 Å². The fraction of sp³-hybridized carbons (Fsp3) is 0.625. The zero-order valence-electron chi connectivity index (χ0n) is 21.5. The molecule has 0 bridgehead atoms. The molecule has 32 heavy (non-hydrogen) atoms. The third-order valence-electron chi connectivity index (χ3n) is 8.07. The second kappa shape index (κ2) is 13.2. The van der Waals surface area contributed by atoms with Crippen LogP contribution in [0, 0.1) is 25.7 Å². The van der Waals surface area contributed by atoms with Gasteiger partial charge in [0.1, 0.15) is 0 Å². The minimum atomic E-state index is 0.958. The third-order valence-corrected chi connectivity index (χ3v) is 8.07. The van der Waals surface area contributed by atoms with E-state index in [1.165, 1.54) is 118 Å². The van der Waals surface area contributed by atoms with Gasteiger partial charge in [-0.2, -0.15) is 0 Å². The van der Waals surface area contributed by atoms with Crippen LogP contribution in [0.25, 0.3) is 11.1 Å². The molecule has 2 aromatic carbocycles. The van der Waals surface area contributed by atoms with Crippen molar-refractivity contribution in [2.75, 3.05) is 0 Å². The Balaban J connectivity index is 1.51. The van der Waals surface area contributed by atoms with Gasteiger partial charge in [-0.25, -0.2) is 0 Å². The summed E-state index contributed by atoms with van der Waals surface area (Å²) in [6.07, 6.45) is 19.4. The largest absolute Gasteiger partial charge is 0.0654 e. The predicted octanol–water partition coefficient (Wildman–Crippen LogP) is 10.0. The van der Waals surface area contributed by atoms with E-state index in [0.29, 0.717) is 0 Å². The van der Waals surface area contributed by atoms with E-state index >= 15 is 0 Å². The van der Waals surface area contributed by atoms with Crippen molar-refractivity contribution in [2.45, 2.75) is 118 Å². The van der Waals surface area contributed by atoms with Crippen LogP contribution in [-0.2, 0) is 12.8 Å². The summed E-state index contributed by atoms with van der Waals surface area (Å²) in [7, 11) is 0. The molecule has 0 heteroatoms.